The van der Waals surface area contributed by atoms with Crippen molar-refractivity contribution in [1.82, 2.24) is 5.32 Å². The third-order valence-corrected chi connectivity index (χ3v) is 3.71. The summed E-state index contributed by atoms with van der Waals surface area (Å²) in [6.07, 6.45) is 1.80. The Morgan fingerprint density at radius 2 is 2.00 bits per heavy atom. The maximum Gasteiger partial charge on any atom is 0.343 e. The lowest BCUT2D eigenvalue weighted by Crippen LogP contribution is -2.23. The van der Waals surface area contributed by atoms with Crippen molar-refractivity contribution in [3.05, 3.63) is 39.1 Å². The zero-order chi connectivity index (χ0) is 19.0. The van der Waals surface area contributed by atoms with Crippen LogP contribution in [-0.4, -0.2) is 36.3 Å². The molecule has 0 fully saturated rings. The molecule has 2 N–H and O–H groups in total. The van der Waals surface area contributed by atoms with E-state index in [1.165, 1.54) is 19.1 Å². The monoisotopic (exact) mass is 386 g/mol. The van der Waals surface area contributed by atoms with Crippen molar-refractivity contribution in [1.29, 1.82) is 0 Å². The summed E-state index contributed by atoms with van der Waals surface area (Å²) in [4.78, 5) is 28.1. The summed E-state index contributed by atoms with van der Waals surface area (Å²) in [5, 5.41) is 12.5. The Morgan fingerprint density at radius 3 is 2.56 bits per heavy atom. The van der Waals surface area contributed by atoms with Gasteiger partial charge in [-0.2, -0.15) is 0 Å². The molecule has 0 heterocycles. The molecule has 0 radical (unpaired) electrons. The van der Waals surface area contributed by atoms with E-state index >= 15 is 0 Å². The lowest BCUT2D eigenvalue weighted by atomic mass is 10.1. The minimum absolute atomic E-state index is 0.0477. The van der Waals surface area contributed by atoms with Crippen LogP contribution in [0.5, 0.6) is 0 Å². The van der Waals surface area contributed by atoms with Gasteiger partial charge in [0.25, 0.3) is 5.91 Å². The Morgan fingerprint density at radius 1 is 1.32 bits per heavy atom. The Kier molecular flexibility index (Phi) is 8.45. The molecule has 0 saturated carbocycles. The van der Waals surface area contributed by atoms with E-state index in [0.717, 1.165) is 6.21 Å². The molecule has 6 nitrogen and oxygen atoms in total. The average molecular weight is 387 g/mol. The molecule has 25 heavy (non-hydrogen) atoms. The standard InChI is InChI=1S/C17H20Cl2N2O4/c1-4-8-25-17(24)11(10(3)22)9-21-13-7-6-12(18)14(15(13)19)16(23)20-5-2/h6-7,9,22H,4-5,8H2,1-3H3,(H,20,23). The summed E-state index contributed by atoms with van der Waals surface area (Å²) in [5.74, 6) is -1.36. The van der Waals surface area contributed by atoms with Crippen LogP contribution in [-0.2, 0) is 9.53 Å². The number of hydrogen-bond donors (Lipinski definition) is 2. The minimum Gasteiger partial charge on any atom is -0.512 e. The smallest absolute Gasteiger partial charge is 0.343 e. The second-order valence-corrected chi connectivity index (χ2v) is 5.79. The number of aliphatic imine (C=N–C) groups is 1. The fraction of sp³-hybridized carbons (Fsp3) is 0.353. The second kappa shape index (κ2) is 10.1. The van der Waals surface area contributed by atoms with Crippen LogP contribution in [0, 0.1) is 0 Å². The van der Waals surface area contributed by atoms with Gasteiger partial charge in [-0.15, -0.1) is 0 Å². The summed E-state index contributed by atoms with van der Waals surface area (Å²) in [7, 11) is 0. The fourth-order valence-electron chi connectivity index (χ4n) is 1.80. The van der Waals surface area contributed by atoms with Gasteiger partial charge in [-0.25, -0.2) is 4.79 Å². The van der Waals surface area contributed by atoms with Crippen molar-refractivity contribution in [2.45, 2.75) is 27.2 Å². The molecule has 0 atom stereocenters. The molecule has 8 heteroatoms. The van der Waals surface area contributed by atoms with E-state index in [9.17, 15) is 14.7 Å². The number of aliphatic hydroxyl groups is 1. The van der Waals surface area contributed by atoms with Gasteiger partial charge in [0, 0.05) is 12.8 Å². The number of aliphatic hydroxyl groups excluding tert-OH is 1. The number of nitrogens with zero attached hydrogens (tertiary/aromatic N) is 1. The van der Waals surface area contributed by atoms with E-state index < -0.39 is 11.9 Å². The van der Waals surface area contributed by atoms with Crippen molar-refractivity contribution >= 4 is 47.0 Å². The first-order valence-corrected chi connectivity index (χ1v) is 8.46. The van der Waals surface area contributed by atoms with Crippen LogP contribution in [0.3, 0.4) is 0 Å². The van der Waals surface area contributed by atoms with Crippen LogP contribution in [0.1, 0.15) is 37.6 Å². The highest BCUT2D eigenvalue weighted by Crippen LogP contribution is 2.33. The number of carbonyl (C=O) groups excluding carboxylic acids is 2. The first-order chi connectivity index (χ1) is 11.8. The van der Waals surface area contributed by atoms with Crippen molar-refractivity contribution < 1.29 is 19.4 Å². The van der Waals surface area contributed by atoms with Gasteiger partial charge in [-0.05, 0) is 32.4 Å². The molecule has 0 bridgehead atoms. The molecule has 1 rings (SSSR count). The predicted octanol–water partition coefficient (Wildman–Crippen LogP) is 4.23. The van der Waals surface area contributed by atoms with E-state index in [1.807, 2.05) is 6.92 Å². The average Bonchev–Trinajstić information content (AvgIpc) is 2.55. The Hall–Kier alpha value is -2.05. The maximum atomic E-state index is 12.1. The maximum absolute atomic E-state index is 12.1. The first-order valence-electron chi connectivity index (χ1n) is 7.70. The number of allylic oxidation sites excluding steroid dienone is 1. The molecule has 0 unspecified atom stereocenters. The quantitative estimate of drug-likeness (QED) is 0.317. The van der Waals surface area contributed by atoms with Crippen LogP contribution in [0.4, 0.5) is 5.69 Å². The summed E-state index contributed by atoms with van der Waals surface area (Å²) >= 11 is 12.2. The van der Waals surface area contributed by atoms with Crippen LogP contribution < -0.4 is 5.32 Å². The van der Waals surface area contributed by atoms with Gasteiger partial charge in [0.2, 0.25) is 0 Å². The lowest BCUT2D eigenvalue weighted by molar-refractivity contribution is -0.138. The molecule has 136 valence electrons. The van der Waals surface area contributed by atoms with Crippen LogP contribution >= 0.6 is 23.2 Å². The minimum atomic E-state index is -0.695. The Labute approximate surface area is 156 Å². The molecular formula is C17H20Cl2N2O4. The Bertz CT molecular complexity index is 711. The molecule has 0 aliphatic heterocycles. The van der Waals surface area contributed by atoms with Gasteiger partial charge in [0.1, 0.15) is 11.3 Å². The summed E-state index contributed by atoms with van der Waals surface area (Å²) in [6.45, 7) is 5.61. The van der Waals surface area contributed by atoms with E-state index in [4.69, 9.17) is 27.9 Å². The number of hydrogen-bond acceptors (Lipinski definition) is 5. The number of ether oxygens (including phenoxy) is 1. The van der Waals surface area contributed by atoms with Crippen LogP contribution in [0.15, 0.2) is 28.5 Å². The number of carbonyl (C=O) groups is 2. The molecule has 0 spiro atoms. The largest absolute Gasteiger partial charge is 0.512 e. The van der Waals surface area contributed by atoms with Gasteiger partial charge < -0.3 is 15.2 Å². The summed E-state index contributed by atoms with van der Waals surface area (Å²) in [5.41, 5.74) is 0.230. The highest BCUT2D eigenvalue weighted by atomic mass is 35.5. The highest BCUT2D eigenvalue weighted by molar-refractivity contribution is 6.41. The van der Waals surface area contributed by atoms with Crippen molar-refractivity contribution in [3.63, 3.8) is 0 Å². The van der Waals surface area contributed by atoms with E-state index in [-0.39, 0.29) is 39.2 Å². The zero-order valence-corrected chi connectivity index (χ0v) is 15.7. The molecule has 1 amide bonds. The number of rotatable bonds is 7. The summed E-state index contributed by atoms with van der Waals surface area (Å²) in [6, 6.07) is 2.99. The van der Waals surface area contributed by atoms with Gasteiger partial charge in [0.05, 0.1) is 27.9 Å². The normalized spacial score (nSPS) is 12.0. The fourth-order valence-corrected chi connectivity index (χ4v) is 2.39. The molecule has 0 aliphatic rings. The second-order valence-electron chi connectivity index (χ2n) is 5.01. The highest BCUT2D eigenvalue weighted by Gasteiger charge is 2.18. The first kappa shape index (κ1) is 21.0. The van der Waals surface area contributed by atoms with Gasteiger partial charge >= 0.3 is 5.97 Å². The van der Waals surface area contributed by atoms with Crippen LogP contribution in [0.2, 0.25) is 10.0 Å². The van der Waals surface area contributed by atoms with Gasteiger partial charge in [-0.3, -0.25) is 9.79 Å². The van der Waals surface area contributed by atoms with Crippen LogP contribution in [0.25, 0.3) is 0 Å². The SMILES string of the molecule is CCCOC(=O)C(C=Nc1ccc(Cl)c(C(=O)NCC)c1Cl)=C(C)O. The van der Waals surface area contributed by atoms with Crippen molar-refractivity contribution in [3.8, 4) is 0 Å². The molecule has 1 aromatic rings. The molecule has 1 aromatic carbocycles. The van der Waals surface area contributed by atoms with E-state index in [1.54, 1.807) is 6.92 Å². The number of amides is 1. The Balaban J connectivity index is 3.19. The topological polar surface area (TPSA) is 88.0 Å². The molecule has 0 saturated heterocycles. The third kappa shape index (κ3) is 5.76. The number of benzene rings is 1. The van der Waals surface area contributed by atoms with Gasteiger partial charge in [-0.1, -0.05) is 30.1 Å². The van der Waals surface area contributed by atoms with Crippen molar-refractivity contribution in [2.75, 3.05) is 13.2 Å². The van der Waals surface area contributed by atoms with Crippen molar-refractivity contribution in [2.24, 2.45) is 4.99 Å². The predicted molar refractivity (Wildman–Crippen MR) is 99.2 cm³/mol. The lowest BCUT2D eigenvalue weighted by Gasteiger charge is -2.09. The van der Waals surface area contributed by atoms with E-state index in [0.29, 0.717) is 13.0 Å². The summed E-state index contributed by atoms with van der Waals surface area (Å²) < 4.78 is 4.98. The number of halogens is 2. The zero-order valence-electron chi connectivity index (χ0n) is 14.2. The van der Waals surface area contributed by atoms with E-state index in [2.05, 4.69) is 10.3 Å². The van der Waals surface area contributed by atoms with Gasteiger partial charge in [0.15, 0.2) is 0 Å². The number of nitrogens with one attached hydrogen (secondary N) is 1. The third-order valence-electron chi connectivity index (χ3n) is 3.01. The molecular weight excluding hydrogens is 367 g/mol. The molecule has 0 aliphatic carbocycles. The number of esters is 1. The molecule has 0 aromatic heterocycles.